The maximum atomic E-state index is 12.3. The first-order valence-electron chi connectivity index (χ1n) is 8.48. The zero-order chi connectivity index (χ0) is 20.1. The van der Waals surface area contributed by atoms with E-state index in [1.807, 2.05) is 0 Å². The number of amides is 1. The van der Waals surface area contributed by atoms with Crippen LogP contribution in [0.2, 0.25) is 0 Å². The van der Waals surface area contributed by atoms with E-state index in [1.165, 1.54) is 24.9 Å². The van der Waals surface area contributed by atoms with Crippen LogP contribution < -0.4 is 10.1 Å². The van der Waals surface area contributed by atoms with Gasteiger partial charge in [-0.1, -0.05) is 17.8 Å². The number of ether oxygens (including phenoxy) is 1. The molecule has 0 atom stereocenters. The molecular formula is C20H19N3O4S. The molecule has 7 nitrogen and oxygen atoms in total. The van der Waals surface area contributed by atoms with Crippen LogP contribution in [0.5, 0.6) is 5.75 Å². The number of aromatic nitrogens is 2. The SMILES string of the molecule is COc1cccc(NC(=O)CSc2nc(-c3ccco3)nc(C)c2C(C)=O)c1. The maximum Gasteiger partial charge on any atom is 0.234 e. The van der Waals surface area contributed by atoms with Crippen molar-refractivity contribution in [2.24, 2.45) is 0 Å². The highest BCUT2D eigenvalue weighted by Crippen LogP contribution is 2.27. The number of hydrogen-bond donors (Lipinski definition) is 1. The fourth-order valence-corrected chi connectivity index (χ4v) is 3.53. The minimum absolute atomic E-state index is 0.0888. The summed E-state index contributed by atoms with van der Waals surface area (Å²) in [4.78, 5) is 33.2. The van der Waals surface area contributed by atoms with Crippen molar-refractivity contribution in [2.45, 2.75) is 18.9 Å². The van der Waals surface area contributed by atoms with E-state index in [0.717, 1.165) is 0 Å². The lowest BCUT2D eigenvalue weighted by Crippen LogP contribution is -2.15. The number of anilines is 1. The number of nitrogens with zero attached hydrogens (tertiary/aromatic N) is 2. The van der Waals surface area contributed by atoms with Gasteiger partial charge in [-0.15, -0.1) is 0 Å². The summed E-state index contributed by atoms with van der Waals surface area (Å²) in [6.07, 6.45) is 1.53. The highest BCUT2D eigenvalue weighted by Gasteiger charge is 2.19. The van der Waals surface area contributed by atoms with E-state index in [-0.39, 0.29) is 17.4 Å². The molecule has 0 aliphatic heterocycles. The Labute approximate surface area is 166 Å². The lowest BCUT2D eigenvalue weighted by atomic mass is 10.2. The number of carbonyl (C=O) groups is 2. The van der Waals surface area contributed by atoms with Crippen LogP contribution >= 0.6 is 11.8 Å². The Balaban J connectivity index is 1.78. The van der Waals surface area contributed by atoms with E-state index in [9.17, 15) is 9.59 Å². The summed E-state index contributed by atoms with van der Waals surface area (Å²) in [5.74, 6) is 1.25. The Morgan fingerprint density at radius 1 is 1.21 bits per heavy atom. The van der Waals surface area contributed by atoms with E-state index < -0.39 is 0 Å². The quantitative estimate of drug-likeness (QED) is 0.366. The van der Waals surface area contributed by atoms with Gasteiger partial charge in [0.2, 0.25) is 5.91 Å². The second-order valence-electron chi connectivity index (χ2n) is 5.92. The zero-order valence-electron chi connectivity index (χ0n) is 15.7. The number of rotatable bonds is 7. The third kappa shape index (κ3) is 4.58. The van der Waals surface area contributed by atoms with Crippen molar-refractivity contribution in [3.8, 4) is 17.3 Å². The van der Waals surface area contributed by atoms with Crippen LogP contribution in [-0.2, 0) is 4.79 Å². The molecule has 0 bridgehead atoms. The minimum atomic E-state index is -0.219. The molecule has 0 saturated heterocycles. The number of ketones is 1. The fraction of sp³-hybridized carbons (Fsp3) is 0.200. The molecular weight excluding hydrogens is 378 g/mol. The molecule has 3 rings (SSSR count). The molecule has 1 aromatic carbocycles. The van der Waals surface area contributed by atoms with E-state index in [1.54, 1.807) is 50.4 Å². The summed E-state index contributed by atoms with van der Waals surface area (Å²) in [5, 5.41) is 3.26. The predicted octanol–water partition coefficient (Wildman–Crippen LogP) is 3.99. The van der Waals surface area contributed by atoms with Crippen molar-refractivity contribution < 1.29 is 18.7 Å². The third-order valence-corrected chi connectivity index (χ3v) is 4.82. The Hall–Kier alpha value is -3.13. The van der Waals surface area contributed by atoms with Crippen molar-refractivity contribution in [1.29, 1.82) is 0 Å². The largest absolute Gasteiger partial charge is 0.497 e. The first-order valence-corrected chi connectivity index (χ1v) is 9.46. The Kier molecular flexibility index (Phi) is 6.10. The van der Waals surface area contributed by atoms with Crippen molar-refractivity contribution in [1.82, 2.24) is 9.97 Å². The van der Waals surface area contributed by atoms with Crippen molar-refractivity contribution in [2.75, 3.05) is 18.2 Å². The van der Waals surface area contributed by atoms with Gasteiger partial charge in [0.25, 0.3) is 0 Å². The lowest BCUT2D eigenvalue weighted by Gasteiger charge is -2.11. The lowest BCUT2D eigenvalue weighted by molar-refractivity contribution is -0.113. The summed E-state index contributed by atoms with van der Waals surface area (Å²) in [7, 11) is 1.56. The van der Waals surface area contributed by atoms with Gasteiger partial charge in [-0.3, -0.25) is 9.59 Å². The van der Waals surface area contributed by atoms with Crippen LogP contribution in [0, 0.1) is 6.92 Å². The van der Waals surface area contributed by atoms with Crippen LogP contribution in [0.4, 0.5) is 5.69 Å². The number of benzene rings is 1. The van der Waals surface area contributed by atoms with Gasteiger partial charge >= 0.3 is 0 Å². The molecule has 0 saturated carbocycles. The number of hydrogen-bond acceptors (Lipinski definition) is 7. The molecule has 0 aliphatic rings. The van der Waals surface area contributed by atoms with Crippen LogP contribution in [0.15, 0.2) is 52.1 Å². The van der Waals surface area contributed by atoms with Gasteiger partial charge in [-0.25, -0.2) is 9.97 Å². The average molecular weight is 397 g/mol. The highest BCUT2D eigenvalue weighted by atomic mass is 32.2. The molecule has 1 amide bonds. The van der Waals surface area contributed by atoms with E-state index in [2.05, 4.69) is 15.3 Å². The van der Waals surface area contributed by atoms with Gasteiger partial charge in [-0.2, -0.15) is 0 Å². The summed E-state index contributed by atoms with van der Waals surface area (Å²) < 4.78 is 10.5. The molecule has 0 radical (unpaired) electrons. The van der Waals surface area contributed by atoms with Crippen molar-refractivity contribution >= 4 is 29.1 Å². The third-order valence-electron chi connectivity index (χ3n) is 3.84. The zero-order valence-corrected chi connectivity index (χ0v) is 16.5. The molecule has 0 unspecified atom stereocenters. The van der Waals surface area contributed by atoms with Gasteiger partial charge < -0.3 is 14.5 Å². The van der Waals surface area contributed by atoms with Crippen molar-refractivity contribution in [3.63, 3.8) is 0 Å². The summed E-state index contributed by atoms with van der Waals surface area (Å²) >= 11 is 1.18. The number of methoxy groups -OCH3 is 1. The minimum Gasteiger partial charge on any atom is -0.497 e. The van der Waals surface area contributed by atoms with Gasteiger partial charge in [0, 0.05) is 11.8 Å². The van der Waals surface area contributed by atoms with Crippen molar-refractivity contribution in [3.05, 3.63) is 53.9 Å². The number of furan rings is 1. The van der Waals surface area contributed by atoms with Gasteiger partial charge in [-0.05, 0) is 38.1 Å². The first kappa shape index (κ1) is 19.6. The van der Waals surface area contributed by atoms with Crippen LogP contribution in [0.25, 0.3) is 11.6 Å². The van der Waals surface area contributed by atoms with E-state index >= 15 is 0 Å². The van der Waals surface area contributed by atoms with Crippen LogP contribution in [0.3, 0.4) is 0 Å². The molecule has 2 heterocycles. The number of aryl methyl sites for hydroxylation is 1. The average Bonchev–Trinajstić information content (AvgIpc) is 3.20. The fourth-order valence-electron chi connectivity index (χ4n) is 2.60. The van der Waals surface area contributed by atoms with E-state index in [0.29, 0.717) is 39.3 Å². The molecule has 28 heavy (non-hydrogen) atoms. The van der Waals surface area contributed by atoms with Gasteiger partial charge in [0.1, 0.15) is 10.8 Å². The monoisotopic (exact) mass is 397 g/mol. The second-order valence-corrected chi connectivity index (χ2v) is 6.88. The molecule has 144 valence electrons. The van der Waals surface area contributed by atoms with E-state index in [4.69, 9.17) is 9.15 Å². The summed E-state index contributed by atoms with van der Waals surface area (Å²) in [6, 6.07) is 10.6. The molecule has 2 aromatic heterocycles. The molecule has 8 heteroatoms. The molecule has 0 aliphatic carbocycles. The number of nitrogens with one attached hydrogen (secondary N) is 1. The summed E-state index contributed by atoms with van der Waals surface area (Å²) in [5.41, 5.74) is 1.59. The van der Waals surface area contributed by atoms with Crippen LogP contribution in [0.1, 0.15) is 23.0 Å². The predicted molar refractivity (Wildman–Crippen MR) is 107 cm³/mol. The number of thioether (sulfide) groups is 1. The molecule has 3 aromatic rings. The van der Waals surface area contributed by atoms with Crippen LogP contribution in [-0.4, -0.2) is 34.5 Å². The Bertz CT molecular complexity index is 1000. The molecule has 1 N–H and O–H groups in total. The first-order chi connectivity index (χ1) is 13.5. The Morgan fingerprint density at radius 2 is 2.04 bits per heavy atom. The summed E-state index contributed by atoms with van der Waals surface area (Å²) in [6.45, 7) is 3.20. The smallest absolute Gasteiger partial charge is 0.234 e. The highest BCUT2D eigenvalue weighted by molar-refractivity contribution is 8.00. The normalized spacial score (nSPS) is 10.5. The topological polar surface area (TPSA) is 94.3 Å². The standard InChI is InChI=1S/C20H19N3O4S/c1-12-18(13(2)24)20(23-19(21-12)16-8-5-9-27-16)28-11-17(25)22-14-6-4-7-15(10-14)26-3/h4-10H,11H2,1-3H3,(H,22,25). The van der Waals surface area contributed by atoms with Gasteiger partial charge in [0.05, 0.1) is 30.4 Å². The van der Waals surface area contributed by atoms with Gasteiger partial charge in [0.15, 0.2) is 17.4 Å². The molecule has 0 spiro atoms. The number of Topliss-reactive ketones (excluding diaryl/α,β-unsaturated/α-hetero) is 1. The maximum absolute atomic E-state index is 12.3. The second kappa shape index (κ2) is 8.71. The molecule has 0 fully saturated rings. The number of carbonyl (C=O) groups excluding carboxylic acids is 2. The Morgan fingerprint density at radius 3 is 2.71 bits per heavy atom.